The minimum atomic E-state index is 0.211. The Morgan fingerprint density at radius 2 is 1.86 bits per heavy atom. The fraction of sp³-hybridized carbons (Fsp3) is 0.938. The summed E-state index contributed by atoms with van der Waals surface area (Å²) in [5.41, 5.74) is 6.30. The van der Waals surface area contributed by atoms with Gasteiger partial charge < -0.3 is 16.4 Å². The van der Waals surface area contributed by atoms with Crippen LogP contribution in [0.25, 0.3) is 0 Å². The molecule has 4 N–H and O–H groups in total. The summed E-state index contributed by atoms with van der Waals surface area (Å²) >= 11 is 0. The van der Waals surface area contributed by atoms with Crippen LogP contribution < -0.4 is 16.4 Å². The molecule has 21 heavy (non-hydrogen) atoms. The van der Waals surface area contributed by atoms with Crippen LogP contribution in [-0.2, 0) is 4.79 Å². The Balaban J connectivity index is 1.41. The van der Waals surface area contributed by atoms with Crippen molar-refractivity contribution in [2.75, 3.05) is 39.3 Å². The lowest BCUT2D eigenvalue weighted by molar-refractivity contribution is -0.127. The second-order valence-corrected chi connectivity index (χ2v) is 7.08. The van der Waals surface area contributed by atoms with Gasteiger partial charge in [0.15, 0.2) is 0 Å². The Bertz CT molecular complexity index is 342. The van der Waals surface area contributed by atoms with E-state index in [1.165, 1.54) is 19.3 Å². The number of nitrogens with zero attached hydrogens (tertiary/aromatic N) is 1. The molecule has 2 atom stereocenters. The summed E-state index contributed by atoms with van der Waals surface area (Å²) < 4.78 is 0. The van der Waals surface area contributed by atoms with Gasteiger partial charge in [-0.25, -0.2) is 0 Å². The standard InChI is InChI=1S/C16H30N4O/c17-15-12-2-1-3-13(15)11-14(10-12)16(21)19-6-9-20-7-4-18-5-8-20/h12-15,18H,1-11,17H2,(H,19,21). The Labute approximate surface area is 128 Å². The number of fused-ring (bicyclic) bond motifs is 2. The van der Waals surface area contributed by atoms with Crippen LogP contribution in [0.5, 0.6) is 0 Å². The zero-order chi connectivity index (χ0) is 14.7. The molecule has 0 spiro atoms. The maximum atomic E-state index is 12.4. The first-order chi connectivity index (χ1) is 10.2. The Hall–Kier alpha value is -0.650. The highest BCUT2D eigenvalue weighted by atomic mass is 16.1. The number of carbonyl (C=O) groups is 1. The molecule has 2 saturated carbocycles. The van der Waals surface area contributed by atoms with Crippen molar-refractivity contribution in [2.24, 2.45) is 23.5 Å². The van der Waals surface area contributed by atoms with Crippen molar-refractivity contribution in [1.29, 1.82) is 0 Å². The molecule has 3 rings (SSSR count). The summed E-state index contributed by atoms with van der Waals surface area (Å²) in [7, 11) is 0. The highest BCUT2D eigenvalue weighted by molar-refractivity contribution is 5.78. The van der Waals surface area contributed by atoms with Gasteiger partial charge in [-0.2, -0.15) is 0 Å². The van der Waals surface area contributed by atoms with Crippen molar-refractivity contribution in [2.45, 2.75) is 38.1 Å². The first-order valence-electron chi connectivity index (χ1n) is 8.70. The summed E-state index contributed by atoms with van der Waals surface area (Å²) in [5.74, 6) is 1.65. The maximum Gasteiger partial charge on any atom is 0.223 e. The van der Waals surface area contributed by atoms with E-state index in [1.807, 2.05) is 0 Å². The number of hydrogen-bond donors (Lipinski definition) is 3. The van der Waals surface area contributed by atoms with Gasteiger partial charge >= 0.3 is 0 Å². The first kappa shape index (κ1) is 15.3. The van der Waals surface area contributed by atoms with E-state index in [-0.39, 0.29) is 11.8 Å². The monoisotopic (exact) mass is 294 g/mol. The van der Waals surface area contributed by atoms with Gasteiger partial charge in [0.25, 0.3) is 0 Å². The molecule has 3 fully saturated rings. The van der Waals surface area contributed by atoms with Crippen LogP contribution >= 0.6 is 0 Å². The normalized spacial score (nSPS) is 37.2. The zero-order valence-electron chi connectivity index (χ0n) is 13.0. The van der Waals surface area contributed by atoms with Gasteiger partial charge in [-0.3, -0.25) is 9.69 Å². The smallest absolute Gasteiger partial charge is 0.223 e. The Kier molecular flexibility index (Phi) is 5.14. The van der Waals surface area contributed by atoms with Crippen molar-refractivity contribution in [3.05, 3.63) is 0 Å². The molecule has 120 valence electrons. The number of rotatable bonds is 4. The molecule has 5 nitrogen and oxygen atoms in total. The van der Waals surface area contributed by atoms with E-state index in [4.69, 9.17) is 5.73 Å². The molecular weight excluding hydrogens is 264 g/mol. The maximum absolute atomic E-state index is 12.4. The molecule has 5 heteroatoms. The van der Waals surface area contributed by atoms with Gasteiger partial charge in [-0.05, 0) is 37.5 Å². The molecule has 1 amide bonds. The van der Waals surface area contributed by atoms with E-state index in [0.29, 0.717) is 17.9 Å². The van der Waals surface area contributed by atoms with Crippen LogP contribution in [0.3, 0.4) is 0 Å². The van der Waals surface area contributed by atoms with Gasteiger partial charge in [-0.15, -0.1) is 0 Å². The predicted molar refractivity (Wildman–Crippen MR) is 83.8 cm³/mol. The van der Waals surface area contributed by atoms with Crippen molar-refractivity contribution in [3.63, 3.8) is 0 Å². The molecule has 2 aliphatic carbocycles. The van der Waals surface area contributed by atoms with E-state index in [1.54, 1.807) is 0 Å². The number of hydrogen-bond acceptors (Lipinski definition) is 4. The largest absolute Gasteiger partial charge is 0.355 e. The minimum Gasteiger partial charge on any atom is -0.355 e. The molecule has 1 saturated heterocycles. The fourth-order valence-corrected chi connectivity index (χ4v) is 4.42. The molecule has 3 aliphatic rings. The third-order valence-corrected chi connectivity index (χ3v) is 5.72. The molecule has 0 aromatic heterocycles. The van der Waals surface area contributed by atoms with E-state index < -0.39 is 0 Å². The van der Waals surface area contributed by atoms with Crippen LogP contribution in [0.1, 0.15) is 32.1 Å². The number of carbonyl (C=O) groups excluding carboxylic acids is 1. The zero-order valence-corrected chi connectivity index (χ0v) is 13.0. The number of amides is 1. The van der Waals surface area contributed by atoms with Gasteiger partial charge in [-0.1, -0.05) is 6.42 Å². The van der Waals surface area contributed by atoms with Crippen LogP contribution in [0, 0.1) is 17.8 Å². The van der Waals surface area contributed by atoms with Crippen molar-refractivity contribution in [3.8, 4) is 0 Å². The van der Waals surface area contributed by atoms with Gasteiger partial charge in [0.05, 0.1) is 0 Å². The van der Waals surface area contributed by atoms with E-state index >= 15 is 0 Å². The SMILES string of the molecule is NC1C2CCCC1CC(C(=O)NCCN1CCNCC1)C2. The number of nitrogens with two attached hydrogens (primary N) is 1. The van der Waals surface area contributed by atoms with Gasteiger partial charge in [0.2, 0.25) is 5.91 Å². The van der Waals surface area contributed by atoms with Gasteiger partial charge in [0, 0.05) is 51.2 Å². The average molecular weight is 294 g/mol. The summed E-state index contributed by atoms with van der Waals surface area (Å²) in [6.07, 6.45) is 5.78. The lowest BCUT2D eigenvalue weighted by Gasteiger charge is -2.43. The topological polar surface area (TPSA) is 70.4 Å². The second kappa shape index (κ2) is 7.07. The highest BCUT2D eigenvalue weighted by Gasteiger charge is 2.40. The summed E-state index contributed by atoms with van der Waals surface area (Å²) in [5, 5.41) is 6.51. The van der Waals surface area contributed by atoms with Gasteiger partial charge in [0.1, 0.15) is 0 Å². The molecule has 2 bridgehead atoms. The quantitative estimate of drug-likeness (QED) is 0.691. The molecule has 0 aromatic rings. The summed E-state index contributed by atoms with van der Waals surface area (Å²) in [6, 6.07) is 0.351. The third-order valence-electron chi connectivity index (χ3n) is 5.72. The fourth-order valence-electron chi connectivity index (χ4n) is 4.42. The Morgan fingerprint density at radius 1 is 1.19 bits per heavy atom. The molecular formula is C16H30N4O. The Morgan fingerprint density at radius 3 is 2.52 bits per heavy atom. The molecule has 0 radical (unpaired) electrons. The lowest BCUT2D eigenvalue weighted by atomic mass is 9.65. The number of piperazine rings is 1. The van der Waals surface area contributed by atoms with Crippen LogP contribution in [0.15, 0.2) is 0 Å². The van der Waals surface area contributed by atoms with Crippen LogP contribution in [-0.4, -0.2) is 56.1 Å². The molecule has 1 aliphatic heterocycles. The molecule has 1 heterocycles. The third kappa shape index (κ3) is 3.76. The van der Waals surface area contributed by atoms with E-state index in [2.05, 4.69) is 15.5 Å². The summed E-state index contributed by atoms with van der Waals surface area (Å²) in [4.78, 5) is 14.8. The molecule has 0 aromatic carbocycles. The first-order valence-corrected chi connectivity index (χ1v) is 8.70. The highest BCUT2D eigenvalue weighted by Crippen LogP contribution is 2.41. The molecule has 2 unspecified atom stereocenters. The van der Waals surface area contributed by atoms with Crippen molar-refractivity contribution < 1.29 is 4.79 Å². The number of nitrogens with one attached hydrogen (secondary N) is 2. The predicted octanol–water partition coefficient (Wildman–Crippen LogP) is 0.161. The van der Waals surface area contributed by atoms with Crippen LogP contribution in [0.2, 0.25) is 0 Å². The minimum absolute atomic E-state index is 0.211. The van der Waals surface area contributed by atoms with Crippen molar-refractivity contribution in [1.82, 2.24) is 15.5 Å². The van der Waals surface area contributed by atoms with E-state index in [0.717, 1.165) is 52.1 Å². The van der Waals surface area contributed by atoms with E-state index in [9.17, 15) is 4.79 Å². The summed E-state index contributed by atoms with van der Waals surface area (Å²) in [6.45, 7) is 6.09. The lowest BCUT2D eigenvalue weighted by Crippen LogP contribution is -2.50. The van der Waals surface area contributed by atoms with Crippen molar-refractivity contribution >= 4 is 5.91 Å². The second-order valence-electron chi connectivity index (χ2n) is 7.08. The average Bonchev–Trinajstić information content (AvgIpc) is 2.48. The van der Waals surface area contributed by atoms with Crippen LogP contribution in [0.4, 0.5) is 0 Å².